The van der Waals surface area contributed by atoms with Gasteiger partial charge in [-0.1, -0.05) is 0 Å². The normalized spacial score (nSPS) is 28.4. The summed E-state index contributed by atoms with van der Waals surface area (Å²) in [5.41, 5.74) is 6.48. The van der Waals surface area contributed by atoms with Gasteiger partial charge < -0.3 is 5.73 Å². The molecule has 1 aliphatic heterocycles. The first kappa shape index (κ1) is 12.0. The Bertz CT molecular complexity index is 481. The van der Waals surface area contributed by atoms with Crippen molar-refractivity contribution in [3.05, 3.63) is 16.1 Å². The van der Waals surface area contributed by atoms with Gasteiger partial charge in [0.05, 0.1) is 16.5 Å². The molecule has 0 amide bonds. The monoisotopic (exact) mass is 260 g/mol. The molecule has 0 aliphatic carbocycles. The molecule has 1 fully saturated rings. The average Bonchev–Trinajstić information content (AvgIpc) is 2.72. The van der Waals surface area contributed by atoms with Crippen molar-refractivity contribution < 1.29 is 8.42 Å². The van der Waals surface area contributed by atoms with Gasteiger partial charge in [-0.2, -0.15) is 0 Å². The van der Waals surface area contributed by atoms with Crippen LogP contribution in [0.5, 0.6) is 0 Å². The Hall–Kier alpha value is -0.460. The van der Waals surface area contributed by atoms with E-state index in [1.807, 2.05) is 12.3 Å². The summed E-state index contributed by atoms with van der Waals surface area (Å²) in [6, 6.07) is 0. The summed E-state index contributed by atoms with van der Waals surface area (Å²) in [5.74, 6) is 0.490. The molecule has 6 heteroatoms. The van der Waals surface area contributed by atoms with E-state index in [1.54, 1.807) is 11.3 Å². The zero-order valence-corrected chi connectivity index (χ0v) is 10.9. The number of thiazole rings is 1. The maximum absolute atomic E-state index is 11.5. The minimum atomic E-state index is -2.88. The highest BCUT2D eigenvalue weighted by molar-refractivity contribution is 7.91. The molecular formula is C10H16N2O2S2. The minimum Gasteiger partial charge on any atom is -0.330 e. The second-order valence-electron chi connectivity index (χ2n) is 4.61. The molecule has 90 valence electrons. The van der Waals surface area contributed by atoms with E-state index in [2.05, 4.69) is 4.98 Å². The Morgan fingerprint density at radius 3 is 2.81 bits per heavy atom. The summed E-state index contributed by atoms with van der Waals surface area (Å²) in [7, 11) is -2.88. The number of nitrogens with two attached hydrogens (primary N) is 1. The van der Waals surface area contributed by atoms with Crippen molar-refractivity contribution in [2.75, 3.05) is 18.1 Å². The molecule has 16 heavy (non-hydrogen) atoms. The number of hydrogen-bond acceptors (Lipinski definition) is 5. The highest BCUT2D eigenvalue weighted by Gasteiger charge is 2.41. The van der Waals surface area contributed by atoms with E-state index >= 15 is 0 Å². The third-order valence-corrected chi connectivity index (χ3v) is 5.94. The van der Waals surface area contributed by atoms with Crippen molar-refractivity contribution in [2.24, 2.45) is 11.1 Å². The maximum Gasteiger partial charge on any atom is 0.150 e. The van der Waals surface area contributed by atoms with Gasteiger partial charge in [-0.05, 0) is 19.9 Å². The Balaban J connectivity index is 2.18. The minimum absolute atomic E-state index is 0.217. The van der Waals surface area contributed by atoms with Crippen molar-refractivity contribution in [3.8, 4) is 0 Å². The lowest BCUT2D eigenvalue weighted by atomic mass is 9.84. The van der Waals surface area contributed by atoms with Gasteiger partial charge in [0.15, 0.2) is 9.84 Å². The van der Waals surface area contributed by atoms with E-state index in [0.29, 0.717) is 19.4 Å². The lowest BCUT2D eigenvalue weighted by molar-refractivity contribution is 0.344. The topological polar surface area (TPSA) is 73.1 Å². The molecule has 1 aromatic rings. The zero-order valence-electron chi connectivity index (χ0n) is 9.27. The fourth-order valence-corrected chi connectivity index (χ4v) is 5.29. The molecule has 1 aliphatic rings. The van der Waals surface area contributed by atoms with E-state index < -0.39 is 9.84 Å². The molecule has 0 saturated carbocycles. The highest BCUT2D eigenvalue weighted by Crippen LogP contribution is 2.35. The molecule has 0 spiro atoms. The fraction of sp³-hybridized carbons (Fsp3) is 0.700. The third kappa shape index (κ3) is 2.44. The van der Waals surface area contributed by atoms with Gasteiger partial charge in [0.25, 0.3) is 0 Å². The van der Waals surface area contributed by atoms with E-state index in [-0.39, 0.29) is 16.9 Å². The summed E-state index contributed by atoms with van der Waals surface area (Å²) >= 11 is 1.59. The van der Waals surface area contributed by atoms with E-state index in [0.717, 1.165) is 10.7 Å². The van der Waals surface area contributed by atoms with E-state index in [9.17, 15) is 8.42 Å². The summed E-state index contributed by atoms with van der Waals surface area (Å²) in [4.78, 5) is 4.38. The lowest BCUT2D eigenvalue weighted by Gasteiger charge is -2.24. The van der Waals surface area contributed by atoms with Gasteiger partial charge in [0.2, 0.25) is 0 Å². The molecule has 1 atom stereocenters. The molecule has 0 bridgehead atoms. The first-order valence-corrected chi connectivity index (χ1v) is 7.96. The van der Waals surface area contributed by atoms with Crippen LogP contribution in [0.4, 0.5) is 0 Å². The van der Waals surface area contributed by atoms with Crippen LogP contribution < -0.4 is 5.73 Å². The van der Waals surface area contributed by atoms with Gasteiger partial charge in [0.1, 0.15) is 0 Å². The summed E-state index contributed by atoms with van der Waals surface area (Å²) in [6.45, 7) is 2.37. The van der Waals surface area contributed by atoms with Crippen LogP contribution in [0.25, 0.3) is 0 Å². The van der Waals surface area contributed by atoms with E-state index in [1.165, 1.54) is 0 Å². The Kier molecular flexibility index (Phi) is 3.07. The maximum atomic E-state index is 11.5. The number of aromatic nitrogens is 1. The Morgan fingerprint density at radius 2 is 2.38 bits per heavy atom. The quantitative estimate of drug-likeness (QED) is 0.870. The highest BCUT2D eigenvalue weighted by atomic mass is 32.2. The number of nitrogens with zero attached hydrogens (tertiary/aromatic N) is 1. The zero-order chi connectivity index (χ0) is 11.8. The van der Waals surface area contributed by atoms with Gasteiger partial charge in [0, 0.05) is 22.9 Å². The van der Waals surface area contributed by atoms with Crippen LogP contribution in [0.3, 0.4) is 0 Å². The van der Waals surface area contributed by atoms with Crippen LogP contribution in [0.1, 0.15) is 17.1 Å². The van der Waals surface area contributed by atoms with Crippen LogP contribution in [0.15, 0.2) is 5.38 Å². The van der Waals surface area contributed by atoms with Crippen molar-refractivity contribution in [1.82, 2.24) is 4.98 Å². The Labute approximate surface area is 99.8 Å². The van der Waals surface area contributed by atoms with Gasteiger partial charge in [-0.3, -0.25) is 0 Å². The van der Waals surface area contributed by atoms with Crippen LogP contribution >= 0.6 is 11.3 Å². The van der Waals surface area contributed by atoms with Crippen LogP contribution in [-0.4, -0.2) is 31.5 Å². The molecule has 2 rings (SSSR count). The number of hydrogen-bond donors (Lipinski definition) is 1. The molecule has 1 aromatic heterocycles. The Morgan fingerprint density at radius 1 is 1.62 bits per heavy atom. The molecule has 0 aromatic carbocycles. The summed E-state index contributed by atoms with van der Waals surface area (Å²) < 4.78 is 23.1. The smallest absolute Gasteiger partial charge is 0.150 e. The SMILES string of the molecule is Cc1csc(CC2(CN)CCS(=O)(=O)C2)n1. The lowest BCUT2D eigenvalue weighted by Crippen LogP contribution is -2.34. The van der Waals surface area contributed by atoms with Gasteiger partial charge >= 0.3 is 0 Å². The molecule has 2 heterocycles. The average molecular weight is 260 g/mol. The fourth-order valence-electron chi connectivity index (χ4n) is 2.16. The van der Waals surface area contributed by atoms with Crippen molar-refractivity contribution >= 4 is 21.2 Å². The molecule has 4 nitrogen and oxygen atoms in total. The van der Waals surface area contributed by atoms with E-state index in [4.69, 9.17) is 5.73 Å². The standard InChI is InChI=1S/C10H16N2O2S2/c1-8-5-15-9(12-8)4-10(6-11)2-3-16(13,14)7-10/h5H,2-4,6-7,11H2,1H3. The van der Waals surface area contributed by atoms with Gasteiger partial charge in [-0.25, -0.2) is 13.4 Å². The van der Waals surface area contributed by atoms with Crippen LogP contribution in [0.2, 0.25) is 0 Å². The molecule has 1 saturated heterocycles. The summed E-state index contributed by atoms with van der Waals surface area (Å²) in [6.07, 6.45) is 1.37. The first-order chi connectivity index (χ1) is 7.45. The molecule has 1 unspecified atom stereocenters. The molecule has 2 N–H and O–H groups in total. The second-order valence-corrected chi connectivity index (χ2v) is 7.73. The third-order valence-electron chi connectivity index (χ3n) is 3.10. The van der Waals surface area contributed by atoms with Crippen LogP contribution in [-0.2, 0) is 16.3 Å². The van der Waals surface area contributed by atoms with Crippen molar-refractivity contribution in [2.45, 2.75) is 19.8 Å². The predicted octanol–water partition coefficient (Wildman–Crippen LogP) is 0.758. The molecule has 0 radical (unpaired) electrons. The summed E-state index contributed by atoms with van der Waals surface area (Å²) in [5, 5.41) is 2.99. The number of sulfone groups is 1. The largest absolute Gasteiger partial charge is 0.330 e. The predicted molar refractivity (Wildman–Crippen MR) is 65.3 cm³/mol. The van der Waals surface area contributed by atoms with Gasteiger partial charge in [-0.15, -0.1) is 11.3 Å². The number of rotatable bonds is 3. The van der Waals surface area contributed by atoms with Crippen LogP contribution in [0, 0.1) is 12.3 Å². The van der Waals surface area contributed by atoms with Crippen molar-refractivity contribution in [1.29, 1.82) is 0 Å². The second kappa shape index (κ2) is 4.09. The first-order valence-electron chi connectivity index (χ1n) is 5.26. The van der Waals surface area contributed by atoms with Crippen molar-refractivity contribution in [3.63, 3.8) is 0 Å². The molecular weight excluding hydrogens is 244 g/mol. The number of aryl methyl sites for hydroxylation is 1.